The Kier molecular flexibility index (Phi) is 6.51. The molecule has 0 saturated carbocycles. The van der Waals surface area contributed by atoms with Crippen LogP contribution in [0.4, 0.5) is 0 Å². The Hall–Kier alpha value is -1.24. The molecule has 2 aromatic carbocycles. The topological polar surface area (TPSA) is 71.4 Å². The number of benzene rings is 2. The van der Waals surface area contributed by atoms with Crippen LogP contribution in [0.15, 0.2) is 60.0 Å². The van der Waals surface area contributed by atoms with Gasteiger partial charge < -0.3 is 1.43 Å². The van der Waals surface area contributed by atoms with E-state index < -0.39 is 10.1 Å². The fourth-order valence-corrected chi connectivity index (χ4v) is 2.03. The van der Waals surface area contributed by atoms with Crippen LogP contribution in [0, 0.1) is 0 Å². The zero-order chi connectivity index (χ0) is 14.6. The van der Waals surface area contributed by atoms with Gasteiger partial charge in [-0.15, -0.1) is 0 Å². The Morgan fingerprint density at radius 1 is 1.00 bits per heavy atom. The van der Waals surface area contributed by atoms with Gasteiger partial charge in [-0.1, -0.05) is 48.5 Å². The molecule has 0 aliphatic rings. The minimum Gasteiger partial charge on any atom is -1.00 e. The average Bonchev–Trinajstić information content (AvgIpc) is 2.45. The zero-order valence-electron chi connectivity index (χ0n) is 12.4. The third-order valence-electron chi connectivity index (χ3n) is 2.62. The van der Waals surface area contributed by atoms with Gasteiger partial charge in [0.05, 0.1) is 5.41 Å². The third kappa shape index (κ3) is 5.57. The molecule has 0 fully saturated rings. The molecular formula is C15H13NaO4S. The normalized spacial score (nSPS) is 11.1. The molecule has 21 heavy (non-hydrogen) atoms. The van der Waals surface area contributed by atoms with Crippen LogP contribution in [0.1, 0.15) is 22.9 Å². The van der Waals surface area contributed by atoms with Crippen LogP contribution in [0.2, 0.25) is 0 Å². The van der Waals surface area contributed by atoms with Crippen LogP contribution in [-0.4, -0.2) is 18.8 Å². The van der Waals surface area contributed by atoms with E-state index in [4.69, 9.17) is 4.55 Å². The van der Waals surface area contributed by atoms with Crippen molar-refractivity contribution in [3.63, 3.8) is 0 Å². The molecule has 0 aliphatic heterocycles. The molecule has 0 amide bonds. The molecule has 0 aromatic heterocycles. The van der Waals surface area contributed by atoms with Crippen molar-refractivity contribution in [2.75, 3.05) is 0 Å². The van der Waals surface area contributed by atoms with Gasteiger partial charge in [0.25, 0.3) is 10.1 Å². The first-order valence-electron chi connectivity index (χ1n) is 5.81. The number of carbonyl (C=O) groups excluding carboxylic acids is 1. The van der Waals surface area contributed by atoms with Gasteiger partial charge in [-0.2, -0.15) is 8.42 Å². The van der Waals surface area contributed by atoms with Crippen molar-refractivity contribution in [1.29, 1.82) is 0 Å². The summed E-state index contributed by atoms with van der Waals surface area (Å²) in [6.45, 7) is 0. The van der Waals surface area contributed by atoms with Crippen molar-refractivity contribution in [3.05, 3.63) is 76.7 Å². The van der Waals surface area contributed by atoms with Crippen LogP contribution >= 0.6 is 0 Å². The van der Waals surface area contributed by atoms with E-state index in [1.807, 2.05) is 6.07 Å². The second-order valence-electron chi connectivity index (χ2n) is 4.14. The molecule has 104 valence electrons. The number of hydrogen-bond donors (Lipinski definition) is 1. The molecule has 0 bridgehead atoms. The molecule has 0 radical (unpaired) electrons. The fourth-order valence-electron chi connectivity index (χ4n) is 1.70. The van der Waals surface area contributed by atoms with Crippen molar-refractivity contribution in [2.45, 2.75) is 0 Å². The zero-order valence-corrected chi connectivity index (χ0v) is 14.2. The molecule has 4 nitrogen and oxygen atoms in total. The quantitative estimate of drug-likeness (QED) is 0.486. The number of rotatable bonds is 4. The van der Waals surface area contributed by atoms with E-state index in [-0.39, 0.29) is 36.8 Å². The van der Waals surface area contributed by atoms with Gasteiger partial charge in [-0.05, 0) is 17.7 Å². The van der Waals surface area contributed by atoms with E-state index in [0.29, 0.717) is 22.1 Å². The first-order valence-corrected chi connectivity index (χ1v) is 7.31. The third-order valence-corrected chi connectivity index (χ3v) is 3.10. The second-order valence-corrected chi connectivity index (χ2v) is 5.44. The minimum atomic E-state index is -4.17. The molecule has 0 unspecified atom stereocenters. The molecule has 0 spiro atoms. The molecule has 0 heterocycles. The summed E-state index contributed by atoms with van der Waals surface area (Å²) in [5.41, 5.74) is 1.53. The smallest absolute Gasteiger partial charge is 1.00 e. The summed E-state index contributed by atoms with van der Waals surface area (Å²) in [4.78, 5) is 12.2. The Morgan fingerprint density at radius 3 is 2.24 bits per heavy atom. The molecule has 0 saturated heterocycles. The predicted octanol–water partition coefficient (Wildman–Crippen LogP) is -0.107. The van der Waals surface area contributed by atoms with Gasteiger partial charge >= 0.3 is 29.6 Å². The molecule has 2 aromatic rings. The Balaban J connectivity index is 0.00000220. The van der Waals surface area contributed by atoms with Gasteiger partial charge in [-0.3, -0.25) is 9.35 Å². The van der Waals surface area contributed by atoms with Gasteiger partial charge in [-0.25, -0.2) is 0 Å². The van der Waals surface area contributed by atoms with Crippen molar-refractivity contribution >= 4 is 22.0 Å². The number of ketones is 1. The summed E-state index contributed by atoms with van der Waals surface area (Å²) < 4.78 is 29.9. The summed E-state index contributed by atoms with van der Waals surface area (Å²) in [5.74, 6) is -0.146. The largest absolute Gasteiger partial charge is 1.00 e. The summed E-state index contributed by atoms with van der Waals surface area (Å²) in [6, 6.07) is 15.3. The molecule has 6 heteroatoms. The van der Waals surface area contributed by atoms with Gasteiger partial charge in [0, 0.05) is 11.1 Å². The standard InChI is InChI=1S/C15H12O4S.Na.H/c16-15(13-6-2-1-3-7-13)14-8-4-5-12(11-14)9-10-20(17,18)19;;/h1-11H,(H,17,18,19);;/q;+1;-1. The Bertz CT molecular complexity index is 758. The fraction of sp³-hybridized carbons (Fsp3) is 0. The van der Waals surface area contributed by atoms with Gasteiger partial charge in [0.1, 0.15) is 0 Å². The predicted molar refractivity (Wildman–Crippen MR) is 78.0 cm³/mol. The summed E-state index contributed by atoms with van der Waals surface area (Å²) in [7, 11) is -4.17. The molecule has 1 N–H and O–H groups in total. The Labute approximate surface area is 147 Å². The van der Waals surface area contributed by atoms with E-state index in [1.54, 1.807) is 48.5 Å². The van der Waals surface area contributed by atoms with Crippen LogP contribution in [0.3, 0.4) is 0 Å². The van der Waals surface area contributed by atoms with Crippen molar-refractivity contribution in [2.24, 2.45) is 0 Å². The number of hydrogen-bond acceptors (Lipinski definition) is 3. The van der Waals surface area contributed by atoms with Crippen molar-refractivity contribution in [1.82, 2.24) is 0 Å². The van der Waals surface area contributed by atoms with Crippen LogP contribution < -0.4 is 29.6 Å². The van der Waals surface area contributed by atoms with Crippen LogP contribution in [0.5, 0.6) is 0 Å². The maximum Gasteiger partial charge on any atom is 1.00 e. The SMILES string of the molecule is O=C(c1ccccc1)c1cccc(C=CS(=O)(=O)O)c1.[H-].[Na+]. The van der Waals surface area contributed by atoms with E-state index in [1.165, 1.54) is 6.08 Å². The van der Waals surface area contributed by atoms with Gasteiger partial charge in [0.15, 0.2) is 5.78 Å². The molecule has 0 atom stereocenters. The van der Waals surface area contributed by atoms with E-state index in [9.17, 15) is 13.2 Å². The summed E-state index contributed by atoms with van der Waals surface area (Å²) in [5, 5.41) is 0.680. The van der Waals surface area contributed by atoms with E-state index >= 15 is 0 Å². The second kappa shape index (κ2) is 7.68. The minimum absolute atomic E-state index is 0. The first-order chi connectivity index (χ1) is 9.46. The van der Waals surface area contributed by atoms with E-state index in [2.05, 4.69) is 0 Å². The van der Waals surface area contributed by atoms with Gasteiger partial charge in [0.2, 0.25) is 0 Å². The van der Waals surface area contributed by atoms with Crippen molar-refractivity contribution < 1.29 is 48.7 Å². The molecular weight excluding hydrogens is 299 g/mol. The number of carbonyl (C=O) groups is 1. The average molecular weight is 312 g/mol. The maximum atomic E-state index is 12.2. The summed E-state index contributed by atoms with van der Waals surface area (Å²) in [6.07, 6.45) is 1.23. The van der Waals surface area contributed by atoms with Crippen LogP contribution in [-0.2, 0) is 10.1 Å². The summed E-state index contributed by atoms with van der Waals surface area (Å²) >= 11 is 0. The Morgan fingerprint density at radius 2 is 1.62 bits per heavy atom. The van der Waals surface area contributed by atoms with Crippen LogP contribution in [0.25, 0.3) is 6.08 Å². The molecule has 2 rings (SSSR count). The molecule has 0 aliphatic carbocycles. The van der Waals surface area contributed by atoms with E-state index in [0.717, 1.165) is 0 Å². The monoisotopic (exact) mass is 312 g/mol. The van der Waals surface area contributed by atoms with Crippen molar-refractivity contribution in [3.8, 4) is 0 Å². The maximum absolute atomic E-state index is 12.2. The first kappa shape index (κ1) is 17.8.